The lowest BCUT2D eigenvalue weighted by Gasteiger charge is -2.28. The Morgan fingerprint density at radius 2 is 1.75 bits per heavy atom. The molecule has 5 nitrogen and oxygen atoms in total. The molecule has 0 radical (unpaired) electrons. The number of carbonyl (C=O) groups is 1. The Bertz CT molecular complexity index is 845. The van der Waals surface area contributed by atoms with Crippen LogP contribution >= 0.6 is 0 Å². The van der Waals surface area contributed by atoms with Gasteiger partial charge in [-0.3, -0.25) is 9.10 Å². The van der Waals surface area contributed by atoms with Gasteiger partial charge in [-0.1, -0.05) is 18.2 Å². The third kappa shape index (κ3) is 3.43. The summed E-state index contributed by atoms with van der Waals surface area (Å²) in [5, 5.41) is 2.87. The molecule has 2 aromatic rings. The molecule has 3 rings (SSSR count). The minimum Gasteiger partial charge on any atom is -0.322 e. The average molecular weight is 344 g/mol. The number of anilines is 2. The standard InChI is InChI=1S/C18H20N2O3S/c1-14-6-2-3-7-17(14)19-18(21)15-8-10-16(11-9-15)20-12-4-5-13-24(20,22)23/h2-3,6-11H,4-5,12-13H2,1H3,(H,19,21). The molecule has 0 saturated carbocycles. The van der Waals surface area contributed by atoms with Gasteiger partial charge < -0.3 is 5.32 Å². The molecule has 0 aromatic heterocycles. The Hall–Kier alpha value is -2.34. The van der Waals surface area contributed by atoms with Gasteiger partial charge in [-0.15, -0.1) is 0 Å². The third-order valence-corrected chi connectivity index (χ3v) is 6.03. The number of amides is 1. The maximum absolute atomic E-state index is 12.3. The molecule has 0 spiro atoms. The maximum atomic E-state index is 12.3. The number of nitrogens with zero attached hydrogens (tertiary/aromatic N) is 1. The summed E-state index contributed by atoms with van der Waals surface area (Å²) in [6.07, 6.45) is 1.56. The van der Waals surface area contributed by atoms with Crippen LogP contribution in [0.5, 0.6) is 0 Å². The zero-order valence-corrected chi connectivity index (χ0v) is 14.3. The number of para-hydroxylation sites is 1. The van der Waals surface area contributed by atoms with Crippen LogP contribution in [0.15, 0.2) is 48.5 Å². The van der Waals surface area contributed by atoms with Gasteiger partial charge in [0, 0.05) is 17.8 Å². The molecule has 0 unspecified atom stereocenters. The summed E-state index contributed by atoms with van der Waals surface area (Å²) in [6.45, 7) is 2.43. The summed E-state index contributed by atoms with van der Waals surface area (Å²) in [4.78, 5) is 12.3. The van der Waals surface area contributed by atoms with Gasteiger partial charge in [0.2, 0.25) is 10.0 Å². The van der Waals surface area contributed by atoms with Gasteiger partial charge in [0.05, 0.1) is 11.4 Å². The second kappa shape index (κ2) is 6.65. The van der Waals surface area contributed by atoms with Gasteiger partial charge in [0.25, 0.3) is 5.91 Å². The molecular weight excluding hydrogens is 324 g/mol. The summed E-state index contributed by atoms with van der Waals surface area (Å²) in [5.41, 5.74) is 2.87. The van der Waals surface area contributed by atoms with Gasteiger partial charge in [-0.25, -0.2) is 8.42 Å². The van der Waals surface area contributed by atoms with E-state index >= 15 is 0 Å². The van der Waals surface area contributed by atoms with Crippen molar-refractivity contribution in [2.75, 3.05) is 21.9 Å². The molecule has 1 amide bonds. The topological polar surface area (TPSA) is 66.5 Å². The van der Waals surface area contributed by atoms with Crippen molar-refractivity contribution in [3.05, 3.63) is 59.7 Å². The summed E-state index contributed by atoms with van der Waals surface area (Å²) >= 11 is 0. The summed E-state index contributed by atoms with van der Waals surface area (Å²) in [7, 11) is -3.23. The fourth-order valence-corrected chi connectivity index (χ4v) is 4.41. The van der Waals surface area contributed by atoms with Gasteiger partial charge >= 0.3 is 0 Å². The number of hydrogen-bond donors (Lipinski definition) is 1. The molecule has 2 aromatic carbocycles. The van der Waals surface area contributed by atoms with Crippen LogP contribution in [-0.2, 0) is 10.0 Å². The van der Waals surface area contributed by atoms with E-state index < -0.39 is 10.0 Å². The lowest BCUT2D eigenvalue weighted by atomic mass is 10.1. The van der Waals surface area contributed by atoms with Crippen molar-refractivity contribution in [3.63, 3.8) is 0 Å². The van der Waals surface area contributed by atoms with Gasteiger partial charge in [0.15, 0.2) is 0 Å². The van der Waals surface area contributed by atoms with Crippen molar-refractivity contribution in [2.45, 2.75) is 19.8 Å². The highest BCUT2D eigenvalue weighted by Crippen LogP contribution is 2.24. The number of hydrogen-bond acceptors (Lipinski definition) is 3. The molecular formula is C18H20N2O3S. The minimum atomic E-state index is -3.23. The molecule has 6 heteroatoms. The van der Waals surface area contributed by atoms with E-state index in [1.807, 2.05) is 31.2 Å². The summed E-state index contributed by atoms with van der Waals surface area (Å²) in [5.74, 6) is -0.0277. The Balaban J connectivity index is 1.77. The number of nitrogens with one attached hydrogen (secondary N) is 1. The van der Waals surface area contributed by atoms with E-state index in [0.717, 1.165) is 17.7 Å². The largest absolute Gasteiger partial charge is 0.322 e. The lowest BCUT2D eigenvalue weighted by molar-refractivity contribution is 0.102. The average Bonchev–Trinajstić information content (AvgIpc) is 2.57. The molecule has 0 bridgehead atoms. The monoisotopic (exact) mass is 344 g/mol. The SMILES string of the molecule is Cc1ccccc1NC(=O)c1ccc(N2CCCCS2(=O)=O)cc1. The smallest absolute Gasteiger partial charge is 0.255 e. The van der Waals surface area contributed by atoms with E-state index in [0.29, 0.717) is 24.2 Å². The highest BCUT2D eigenvalue weighted by atomic mass is 32.2. The summed E-state index contributed by atoms with van der Waals surface area (Å²) in [6, 6.07) is 14.3. The zero-order valence-electron chi connectivity index (χ0n) is 13.5. The predicted octanol–water partition coefficient (Wildman–Crippen LogP) is 3.18. The molecule has 1 heterocycles. The maximum Gasteiger partial charge on any atom is 0.255 e. The fourth-order valence-electron chi connectivity index (χ4n) is 2.77. The number of rotatable bonds is 3. The highest BCUT2D eigenvalue weighted by molar-refractivity contribution is 7.92. The molecule has 1 fully saturated rings. The first-order valence-corrected chi connectivity index (χ1v) is 9.56. The quantitative estimate of drug-likeness (QED) is 0.930. The normalized spacial score (nSPS) is 16.6. The lowest BCUT2D eigenvalue weighted by Crippen LogP contribution is -2.37. The van der Waals surface area contributed by atoms with Crippen LogP contribution in [0.4, 0.5) is 11.4 Å². The molecule has 0 atom stereocenters. The van der Waals surface area contributed by atoms with E-state index in [-0.39, 0.29) is 11.7 Å². The number of aryl methyl sites for hydroxylation is 1. The van der Waals surface area contributed by atoms with Crippen molar-refractivity contribution >= 4 is 27.3 Å². The minimum absolute atomic E-state index is 0.183. The molecule has 1 aliphatic rings. The van der Waals surface area contributed by atoms with Crippen molar-refractivity contribution in [1.82, 2.24) is 0 Å². The van der Waals surface area contributed by atoms with Crippen LogP contribution < -0.4 is 9.62 Å². The van der Waals surface area contributed by atoms with Crippen LogP contribution in [0.25, 0.3) is 0 Å². The molecule has 24 heavy (non-hydrogen) atoms. The van der Waals surface area contributed by atoms with Crippen molar-refractivity contribution < 1.29 is 13.2 Å². The molecule has 1 aliphatic heterocycles. The zero-order chi connectivity index (χ0) is 17.2. The molecule has 126 valence electrons. The fraction of sp³-hybridized carbons (Fsp3) is 0.278. The van der Waals surface area contributed by atoms with Gasteiger partial charge in [-0.2, -0.15) is 0 Å². The number of sulfonamides is 1. The third-order valence-electron chi connectivity index (χ3n) is 4.16. The first-order chi connectivity index (χ1) is 11.5. The molecule has 1 saturated heterocycles. The van der Waals surface area contributed by atoms with E-state index in [1.165, 1.54) is 4.31 Å². The Morgan fingerprint density at radius 3 is 2.42 bits per heavy atom. The first kappa shape index (κ1) is 16.5. The van der Waals surface area contributed by atoms with Crippen molar-refractivity contribution in [2.24, 2.45) is 0 Å². The van der Waals surface area contributed by atoms with E-state index in [2.05, 4.69) is 5.32 Å². The van der Waals surface area contributed by atoms with E-state index in [9.17, 15) is 13.2 Å². The van der Waals surface area contributed by atoms with Crippen LogP contribution in [0.3, 0.4) is 0 Å². The van der Waals surface area contributed by atoms with Crippen LogP contribution in [0, 0.1) is 6.92 Å². The number of benzene rings is 2. The van der Waals surface area contributed by atoms with Crippen molar-refractivity contribution in [3.8, 4) is 0 Å². The Morgan fingerprint density at radius 1 is 1.04 bits per heavy atom. The van der Waals surface area contributed by atoms with Gasteiger partial charge in [-0.05, 0) is 55.7 Å². The first-order valence-electron chi connectivity index (χ1n) is 7.95. The van der Waals surface area contributed by atoms with Gasteiger partial charge in [0.1, 0.15) is 0 Å². The molecule has 0 aliphatic carbocycles. The second-order valence-electron chi connectivity index (χ2n) is 5.91. The summed E-state index contributed by atoms with van der Waals surface area (Å²) < 4.78 is 25.7. The van der Waals surface area contributed by atoms with Crippen LogP contribution in [0.2, 0.25) is 0 Å². The number of carbonyl (C=O) groups excluding carboxylic acids is 1. The Kier molecular flexibility index (Phi) is 4.57. The Labute approximate surface area is 142 Å². The highest BCUT2D eigenvalue weighted by Gasteiger charge is 2.25. The van der Waals surface area contributed by atoms with Crippen molar-refractivity contribution in [1.29, 1.82) is 0 Å². The van der Waals surface area contributed by atoms with Crippen LogP contribution in [-0.4, -0.2) is 26.6 Å². The second-order valence-corrected chi connectivity index (χ2v) is 7.92. The van der Waals surface area contributed by atoms with E-state index in [1.54, 1.807) is 24.3 Å². The van der Waals surface area contributed by atoms with E-state index in [4.69, 9.17) is 0 Å². The van der Waals surface area contributed by atoms with Crippen LogP contribution in [0.1, 0.15) is 28.8 Å². The molecule has 1 N–H and O–H groups in total. The predicted molar refractivity (Wildman–Crippen MR) is 95.9 cm³/mol.